The number of halogens is 1. The van der Waals surface area contributed by atoms with Gasteiger partial charge >= 0.3 is 0 Å². The molecule has 0 aromatic carbocycles. The molecule has 41 heavy (non-hydrogen) atoms. The van der Waals surface area contributed by atoms with Crippen LogP contribution in [0.15, 0.2) is 47.5 Å². The molecule has 0 radical (unpaired) electrons. The molecule has 10 heteroatoms. The van der Waals surface area contributed by atoms with Crippen molar-refractivity contribution in [2.24, 2.45) is 28.6 Å². The van der Waals surface area contributed by atoms with Gasteiger partial charge in [0.15, 0.2) is 16.6 Å². The van der Waals surface area contributed by atoms with E-state index in [0.29, 0.717) is 48.1 Å². The van der Waals surface area contributed by atoms with Crippen molar-refractivity contribution in [3.05, 3.63) is 58.8 Å². The highest BCUT2D eigenvalue weighted by atomic mass is 32.1. The van der Waals surface area contributed by atoms with Crippen LogP contribution in [0.2, 0.25) is 0 Å². The van der Waals surface area contributed by atoms with Gasteiger partial charge < -0.3 is 14.9 Å². The maximum atomic E-state index is 17.4. The minimum Gasteiger partial charge on any atom is -0.478 e. The van der Waals surface area contributed by atoms with E-state index >= 15 is 4.39 Å². The molecule has 8 atom stereocenters. The number of anilines is 1. The van der Waals surface area contributed by atoms with Crippen LogP contribution in [0.3, 0.4) is 0 Å². The third-order valence-corrected chi connectivity index (χ3v) is 11.4. The molecule has 1 amide bonds. The van der Waals surface area contributed by atoms with Crippen LogP contribution in [-0.4, -0.2) is 50.3 Å². The molecule has 6 rings (SSSR count). The minimum absolute atomic E-state index is 0.0488. The topological polar surface area (TPSA) is 122 Å². The monoisotopic (exact) mass is 581 g/mol. The Balaban J connectivity index is 1.29. The Bertz CT molecular complexity index is 1460. The van der Waals surface area contributed by atoms with Crippen molar-refractivity contribution in [1.29, 1.82) is 0 Å². The number of rotatable bonds is 5. The number of aliphatic hydroxyl groups excluding tert-OH is 1. The molecule has 0 aliphatic heterocycles. The molecule has 2 heterocycles. The average Bonchev–Trinajstić information content (AvgIpc) is 3.48. The lowest BCUT2D eigenvalue weighted by Crippen LogP contribution is -2.68. The number of allylic oxidation sites excluding steroid dienone is 4. The van der Waals surface area contributed by atoms with Crippen LogP contribution in [0.1, 0.15) is 69.4 Å². The summed E-state index contributed by atoms with van der Waals surface area (Å²) in [5.41, 5.74) is -3.84. The number of carbonyl (C=O) groups excluding carboxylic acids is 2. The predicted octanol–water partition coefficient (Wildman–Crippen LogP) is 4.99. The van der Waals surface area contributed by atoms with E-state index in [0.717, 1.165) is 5.57 Å². The van der Waals surface area contributed by atoms with Crippen molar-refractivity contribution in [2.45, 2.75) is 70.8 Å². The number of nitrogens with one attached hydrogen (secondary N) is 1. The Morgan fingerprint density at radius 1 is 1.29 bits per heavy atom. The third kappa shape index (κ3) is 3.83. The Kier molecular flexibility index (Phi) is 6.56. The van der Waals surface area contributed by atoms with Gasteiger partial charge in [-0.1, -0.05) is 25.5 Å². The predicted molar refractivity (Wildman–Crippen MR) is 152 cm³/mol. The number of fused-ring (bicyclic) bond motifs is 5. The van der Waals surface area contributed by atoms with Crippen LogP contribution in [0.5, 0.6) is 5.88 Å². The Morgan fingerprint density at radius 3 is 2.78 bits per heavy atom. The first-order valence-electron chi connectivity index (χ1n) is 14.3. The lowest BCUT2D eigenvalue weighted by Gasteiger charge is -2.62. The summed E-state index contributed by atoms with van der Waals surface area (Å²) >= 11 is 1.21. The number of nitrogens with zero attached hydrogens (tertiary/aromatic N) is 2. The Morgan fingerprint density at radius 2 is 2.07 bits per heavy atom. The van der Waals surface area contributed by atoms with E-state index in [1.54, 1.807) is 30.5 Å². The third-order valence-electron chi connectivity index (χ3n) is 10.6. The highest BCUT2D eigenvalue weighted by Crippen LogP contribution is 2.72. The van der Waals surface area contributed by atoms with Crippen LogP contribution in [-0.2, 0) is 10.4 Å². The summed E-state index contributed by atoms with van der Waals surface area (Å²) in [5, 5.41) is 28.9. The molecule has 2 aromatic heterocycles. The van der Waals surface area contributed by atoms with Crippen molar-refractivity contribution in [3.63, 3.8) is 0 Å². The zero-order chi connectivity index (χ0) is 29.4. The second-order valence-electron chi connectivity index (χ2n) is 12.5. The molecule has 0 saturated heterocycles. The Labute approximate surface area is 242 Å². The van der Waals surface area contributed by atoms with Gasteiger partial charge in [-0.05, 0) is 69.6 Å². The number of alkyl halides is 1. The number of carbonyl (C=O) groups is 2. The fourth-order valence-corrected chi connectivity index (χ4v) is 9.27. The van der Waals surface area contributed by atoms with Crippen molar-refractivity contribution in [1.82, 2.24) is 9.97 Å². The molecule has 0 spiro atoms. The highest BCUT2D eigenvalue weighted by Gasteiger charge is 2.74. The van der Waals surface area contributed by atoms with Gasteiger partial charge in [0.05, 0.1) is 24.0 Å². The highest BCUT2D eigenvalue weighted by molar-refractivity contribution is 7.14. The van der Waals surface area contributed by atoms with E-state index in [9.17, 15) is 19.8 Å². The quantitative estimate of drug-likeness (QED) is 0.455. The fraction of sp³-hybridized carbons (Fsp3) is 0.548. The van der Waals surface area contributed by atoms with Gasteiger partial charge in [0.2, 0.25) is 5.88 Å². The van der Waals surface area contributed by atoms with Gasteiger partial charge in [0, 0.05) is 34.4 Å². The van der Waals surface area contributed by atoms with Crippen LogP contribution >= 0.6 is 11.3 Å². The van der Waals surface area contributed by atoms with Gasteiger partial charge in [0.25, 0.3) is 5.91 Å². The van der Waals surface area contributed by atoms with E-state index in [4.69, 9.17) is 4.74 Å². The molecule has 8 nitrogen and oxygen atoms in total. The number of ether oxygens (including phenoxy) is 1. The summed E-state index contributed by atoms with van der Waals surface area (Å²) < 4.78 is 22.7. The summed E-state index contributed by atoms with van der Waals surface area (Å²) in [6.07, 6.45) is 6.36. The average molecular weight is 582 g/mol. The second-order valence-corrected chi connectivity index (χ2v) is 13.3. The number of hydrogen-bond acceptors (Lipinski definition) is 8. The first kappa shape index (κ1) is 28.2. The van der Waals surface area contributed by atoms with Crippen molar-refractivity contribution in [2.75, 3.05) is 11.9 Å². The number of aromatic nitrogens is 2. The molecular formula is C31H36FN3O5S. The van der Waals surface area contributed by atoms with Gasteiger partial charge in [-0.25, -0.2) is 14.4 Å². The standard InChI is InChI=1S/C31H36FN3O5S/c1-5-40-25-9-6-18(15-33-25)26(38)35-27-34-23(16-41-27)31(39)17(2)12-22-21-8-7-19-13-20(36)10-11-28(19,3)30(21,32)24(37)14-29(22,31)4/h6,9-11,13,15-17,21-22,24,37,39H,5,7-8,12,14H2,1-4H3,(H,34,35,38)/t17-,21+,22+,24+,28+,29+,30+,31+/m1/s1. The zero-order valence-electron chi connectivity index (χ0n) is 23.7. The molecule has 0 unspecified atom stereocenters. The van der Waals surface area contributed by atoms with Gasteiger partial charge in [-0.3, -0.25) is 14.9 Å². The van der Waals surface area contributed by atoms with Crippen molar-refractivity contribution < 1.29 is 28.9 Å². The lowest BCUT2D eigenvalue weighted by atomic mass is 9.44. The number of hydrogen-bond donors (Lipinski definition) is 3. The van der Waals surface area contributed by atoms with Crippen LogP contribution in [0.4, 0.5) is 9.52 Å². The zero-order valence-corrected chi connectivity index (χ0v) is 24.5. The molecule has 3 N–H and O–H groups in total. The van der Waals surface area contributed by atoms with E-state index < -0.39 is 34.1 Å². The van der Waals surface area contributed by atoms with E-state index in [1.165, 1.54) is 29.7 Å². The van der Waals surface area contributed by atoms with Gasteiger partial charge in [-0.2, -0.15) is 0 Å². The van der Waals surface area contributed by atoms with Crippen molar-refractivity contribution >= 4 is 28.2 Å². The van der Waals surface area contributed by atoms with E-state index in [2.05, 4.69) is 15.3 Å². The van der Waals surface area contributed by atoms with Gasteiger partial charge in [-0.15, -0.1) is 11.3 Å². The van der Waals surface area contributed by atoms with Crippen molar-refractivity contribution in [3.8, 4) is 5.88 Å². The van der Waals surface area contributed by atoms with Crippen LogP contribution < -0.4 is 10.1 Å². The molecule has 218 valence electrons. The first-order chi connectivity index (χ1) is 19.4. The maximum Gasteiger partial charge on any atom is 0.259 e. The van der Waals surface area contributed by atoms with Crippen LogP contribution in [0, 0.1) is 28.6 Å². The maximum absolute atomic E-state index is 17.4. The Hall–Kier alpha value is -2.95. The minimum atomic E-state index is -1.96. The summed E-state index contributed by atoms with van der Waals surface area (Å²) in [7, 11) is 0. The summed E-state index contributed by atoms with van der Waals surface area (Å²) in [6.45, 7) is 8.02. The van der Waals surface area contributed by atoms with E-state index in [1.807, 2.05) is 20.8 Å². The number of amides is 1. The lowest BCUT2D eigenvalue weighted by molar-refractivity contribution is -0.223. The number of pyridine rings is 1. The summed E-state index contributed by atoms with van der Waals surface area (Å²) in [5.74, 6) is -1.08. The van der Waals surface area contributed by atoms with E-state index in [-0.39, 0.29) is 29.9 Å². The smallest absolute Gasteiger partial charge is 0.259 e. The summed E-state index contributed by atoms with van der Waals surface area (Å²) in [4.78, 5) is 33.7. The largest absolute Gasteiger partial charge is 0.478 e. The molecular weight excluding hydrogens is 545 g/mol. The first-order valence-corrected chi connectivity index (χ1v) is 15.2. The molecule has 3 fully saturated rings. The summed E-state index contributed by atoms with van der Waals surface area (Å²) in [6, 6.07) is 3.25. The molecule has 2 aromatic rings. The molecule has 4 aliphatic rings. The number of ketones is 1. The van der Waals surface area contributed by atoms with Crippen LogP contribution in [0.25, 0.3) is 0 Å². The fourth-order valence-electron chi connectivity index (χ4n) is 8.52. The number of thiazole rings is 1. The second kappa shape index (κ2) is 9.54. The number of aliphatic hydroxyl groups is 2. The normalized spacial score (nSPS) is 39.4. The molecule has 3 saturated carbocycles. The molecule has 0 bridgehead atoms. The van der Waals surface area contributed by atoms with Gasteiger partial charge in [0.1, 0.15) is 5.60 Å². The SMILES string of the molecule is CCOc1ccc(C(=O)Nc2nc([C@@]3(O)[C@H](C)C[C@H]4[C@@H]5CCC6=CC(=O)C=C[C@]6(C)[C@@]5(F)[C@@H](O)C[C@@]43C)cs2)cn1. The molecule has 4 aliphatic carbocycles.